The van der Waals surface area contributed by atoms with Crippen molar-refractivity contribution in [1.29, 1.82) is 0 Å². The number of hydrogen-bond acceptors (Lipinski definition) is 30. The number of furan rings is 3. The number of Topliss-reactive ketones (excluding diaryl/α,β-unsaturated/α-hetero) is 3. The topological polar surface area (TPSA) is 734 Å². The van der Waals surface area contributed by atoms with Gasteiger partial charge in [-0.25, -0.2) is 15.0 Å². The molecule has 1 aliphatic carbocycles. The molecule has 142 heavy (non-hydrogen) atoms. The van der Waals surface area contributed by atoms with Crippen LogP contribution in [-0.2, 0) is 106 Å². The summed E-state index contributed by atoms with van der Waals surface area (Å²) in [5.74, 6) is -14.0. The SMILES string of the molecule is C/C=C/C1NC(=O)C=CC(=O)NC(C(N)=O)CCCC(=O)C(CNC(=O)c2cnccn2)NC(=O)C(Cc2ccco2)NC1=O.NC(=O)C1CCCC(=O)C(CNC(=O)c2cnccn2)NC(=O)C(Cc2ccco2)NC(=O)C(C/C=C/c2ccccc2)NC(=O)C=CC(=O)N1.NC(=O)C1CCCC(=O)C(CNC(=O)c2cnccn2)NC(=O)C(Cc2ccco2)NC(=O)C(CC2CC2)NC(=O)C=CC(=O)N1. The molecule has 0 bridgehead atoms. The van der Waals surface area contributed by atoms with Crippen molar-refractivity contribution in [1.82, 2.24) is 110 Å². The molecule has 1 saturated carbocycles. The Hall–Kier alpha value is -17.5. The number of hydrogen-bond donors (Lipinski definition) is 18. The van der Waals surface area contributed by atoms with Crippen molar-refractivity contribution < 1.29 is 114 Å². The van der Waals surface area contributed by atoms with Gasteiger partial charge in [-0.3, -0.25) is 116 Å². The number of allylic oxidation sites excluding steroid dienone is 1. The Kier molecular flexibility index (Phi) is 42.8. The van der Waals surface area contributed by atoms with Gasteiger partial charge in [-0.1, -0.05) is 67.5 Å². The Labute approximate surface area is 810 Å². The molecule has 6 aromatic heterocycles. The highest BCUT2D eigenvalue weighted by Crippen LogP contribution is 2.34. The molecule has 0 saturated heterocycles. The summed E-state index contributed by atoms with van der Waals surface area (Å²) in [5, 5.41) is 38.1. The molecule has 1 fully saturated rings. The first-order valence-electron chi connectivity index (χ1n) is 44.9. The number of rotatable bonds is 24. The zero-order valence-corrected chi connectivity index (χ0v) is 76.7. The van der Waals surface area contributed by atoms with Crippen LogP contribution in [0.25, 0.3) is 6.08 Å². The van der Waals surface area contributed by atoms with Gasteiger partial charge in [0.25, 0.3) is 17.7 Å². The van der Waals surface area contributed by atoms with E-state index in [4.69, 9.17) is 30.5 Å². The fourth-order valence-electron chi connectivity index (χ4n) is 14.0. The second kappa shape index (κ2) is 56.2. The van der Waals surface area contributed by atoms with Gasteiger partial charge < -0.3 is 110 Å². The third-order valence-corrected chi connectivity index (χ3v) is 21.6. The molecular formula is C94H108N24O24. The summed E-state index contributed by atoms with van der Waals surface area (Å²) in [7, 11) is 0. The zero-order valence-electron chi connectivity index (χ0n) is 76.7. The quantitative estimate of drug-likeness (QED) is 0.0265. The van der Waals surface area contributed by atoms with Crippen molar-refractivity contribution in [3.05, 3.63) is 236 Å². The van der Waals surface area contributed by atoms with E-state index in [0.717, 1.165) is 54.9 Å². The van der Waals surface area contributed by atoms with Gasteiger partial charge >= 0.3 is 0 Å². The standard InChI is InChI=1S/C35H38N8O8.C30H36N8O8.C29H34N8O8/c36-32(47)24-11-5-13-29(44)27(21-39-33(48)28-20-37-16-17-38-28)43-35(50)26(19-23-10-6-18-51-23)42-34(49)25(41-31(46)15-14-30(45)40-24)12-4-9-22-7-2-1-3-8-22;31-27(42)19-4-1-5-24(39)22(16-34-28(43)23-15-32-10-11-33-23)38-30(45)21(14-18-3-2-12-46-18)37-29(44)20(13-17-6-7-17)36-26(41)9-8-25(40)35-19;1-2-5-19-28(43)36-20(14-17-6-4-13-45-17)29(44)37-21(16-33-27(42)22-15-31-11-12-32-22)23(38)8-3-7-18(26(30)41)34-24(39)9-10-25(40)35-19/h1-4,6-10,14-18,20,24-27H,5,11-13,19,21H2,(H2,36,47)(H,39,48)(H,40,45)(H,41,46)(H,42,49)(H,43,50);2-3,8-12,15,17,19-22H,1,4-7,13-14,16H2,(H2,31,42)(H,34,43)(H,35,40)(H,36,41)(H,37,44)(H,38,45);2,4-6,9-13,15,18-21H,3,7-8,14,16H2,1H3,(H2,30,41)(H,33,42)(H,34,39)(H,35,40)(H,36,43)(H,37,44)/b9-4+,15-14?;;5-2+,10-9?. The van der Waals surface area contributed by atoms with Gasteiger partial charge in [0, 0.05) is 132 Å². The van der Waals surface area contributed by atoms with E-state index in [1.54, 1.807) is 55.5 Å². The average molecular weight is 1960 g/mol. The lowest BCUT2D eigenvalue weighted by molar-refractivity contribution is -0.133. The second-order valence-corrected chi connectivity index (χ2v) is 32.4. The summed E-state index contributed by atoms with van der Waals surface area (Å²) in [5.41, 5.74) is 17.1. The Morgan fingerprint density at radius 2 is 0.690 bits per heavy atom. The number of carbonyl (C=O) groups excluding carboxylic acids is 21. The Bertz CT molecular complexity index is 5740. The summed E-state index contributed by atoms with van der Waals surface area (Å²) >= 11 is 0. The highest BCUT2D eigenvalue weighted by atomic mass is 16.3. The molecule has 21 N–H and O–H groups in total. The fourth-order valence-corrected chi connectivity index (χ4v) is 14.0. The van der Waals surface area contributed by atoms with Gasteiger partial charge in [-0.05, 0) is 106 Å². The molecule has 0 radical (unpaired) electrons. The number of aromatic nitrogens is 6. The van der Waals surface area contributed by atoms with E-state index < -0.39 is 196 Å². The van der Waals surface area contributed by atoms with Gasteiger partial charge in [-0.15, -0.1) is 0 Å². The summed E-state index contributed by atoms with van der Waals surface area (Å²) in [6.07, 6.45) is 28.9. The summed E-state index contributed by atoms with van der Waals surface area (Å²) < 4.78 is 16.2. The molecule has 18 amide bonds. The molecular weight excluding hydrogens is 1850 g/mol. The van der Waals surface area contributed by atoms with Crippen LogP contribution in [0.1, 0.15) is 145 Å². The van der Waals surface area contributed by atoms with Gasteiger partial charge in [0.1, 0.15) is 107 Å². The number of primary amides is 3. The molecule has 748 valence electrons. The number of nitrogens with two attached hydrogens (primary N) is 3. The van der Waals surface area contributed by atoms with Crippen molar-refractivity contribution in [3.63, 3.8) is 0 Å². The van der Waals surface area contributed by atoms with Gasteiger partial charge in [0.05, 0.1) is 37.4 Å². The van der Waals surface area contributed by atoms with Crippen molar-refractivity contribution in [3.8, 4) is 0 Å². The van der Waals surface area contributed by atoms with Gasteiger partial charge in [0.2, 0.25) is 88.6 Å². The minimum absolute atomic E-state index is 0.0118. The lowest BCUT2D eigenvalue weighted by Gasteiger charge is -2.25. The van der Waals surface area contributed by atoms with E-state index in [2.05, 4.69) is 110 Å². The maximum absolute atomic E-state index is 13.8. The molecule has 12 unspecified atom stereocenters. The van der Waals surface area contributed by atoms with Gasteiger partial charge in [0.15, 0.2) is 17.3 Å². The molecule has 11 rings (SSSR count). The van der Waals surface area contributed by atoms with E-state index in [1.807, 2.05) is 30.3 Å². The third kappa shape index (κ3) is 37.5. The molecule has 3 aliphatic heterocycles. The molecule has 4 aliphatic rings. The smallest absolute Gasteiger partial charge is 0.271 e. The minimum atomic E-state index is -1.30. The Morgan fingerprint density at radius 3 is 1.01 bits per heavy atom. The maximum Gasteiger partial charge on any atom is 0.271 e. The monoisotopic (exact) mass is 1960 g/mol. The van der Waals surface area contributed by atoms with Crippen LogP contribution in [0.15, 0.2) is 209 Å². The van der Waals surface area contributed by atoms with E-state index in [0.29, 0.717) is 23.7 Å². The number of nitrogens with one attached hydrogen (secondary N) is 15. The van der Waals surface area contributed by atoms with E-state index in [1.165, 1.54) is 86.7 Å². The number of amides is 18. The molecule has 48 nitrogen and oxygen atoms in total. The van der Waals surface area contributed by atoms with Crippen LogP contribution >= 0.6 is 0 Å². The Morgan fingerprint density at radius 1 is 0.366 bits per heavy atom. The van der Waals surface area contributed by atoms with Crippen LogP contribution in [0.4, 0.5) is 0 Å². The largest absolute Gasteiger partial charge is 0.469 e. The molecule has 48 heteroatoms. The molecule has 1 aromatic carbocycles. The molecule has 12 atom stereocenters. The second-order valence-electron chi connectivity index (χ2n) is 32.4. The first-order chi connectivity index (χ1) is 68.2. The van der Waals surface area contributed by atoms with E-state index in [9.17, 15) is 101 Å². The van der Waals surface area contributed by atoms with Gasteiger partial charge in [-0.2, -0.15) is 0 Å². The molecule has 7 aromatic rings. The molecule has 9 heterocycles. The van der Waals surface area contributed by atoms with Crippen molar-refractivity contribution >= 4 is 130 Å². The van der Waals surface area contributed by atoms with Crippen LogP contribution in [0.3, 0.4) is 0 Å². The summed E-state index contributed by atoms with van der Waals surface area (Å²) in [4.78, 5) is 295. The Balaban J connectivity index is 0.000000238. The number of ketones is 3. The maximum atomic E-state index is 13.8. The lowest BCUT2D eigenvalue weighted by atomic mass is 10.0. The highest BCUT2D eigenvalue weighted by Gasteiger charge is 2.38. The number of carbonyl (C=O) groups is 21. The van der Waals surface area contributed by atoms with Crippen LogP contribution in [0, 0.1) is 5.92 Å². The van der Waals surface area contributed by atoms with Crippen LogP contribution in [0.5, 0.6) is 0 Å². The van der Waals surface area contributed by atoms with Crippen molar-refractivity contribution in [2.45, 2.75) is 182 Å². The first-order valence-corrected chi connectivity index (χ1v) is 44.9. The number of benzene rings is 1. The minimum Gasteiger partial charge on any atom is -0.469 e. The van der Waals surface area contributed by atoms with Crippen molar-refractivity contribution in [2.75, 3.05) is 19.6 Å². The summed E-state index contributed by atoms with van der Waals surface area (Å²) in [6.45, 7) is 0.573. The lowest BCUT2D eigenvalue weighted by Crippen LogP contribution is -2.58. The normalized spacial score (nSPS) is 22.3. The average Bonchev–Trinajstić information content (AvgIpc) is 1.51. The first kappa shape index (κ1) is 108. The van der Waals surface area contributed by atoms with Crippen molar-refractivity contribution in [2.24, 2.45) is 23.1 Å². The fraction of sp³-hybridized carbons (Fsp3) is 0.351. The highest BCUT2D eigenvalue weighted by molar-refractivity contribution is 6.05. The van der Waals surface area contributed by atoms with E-state index >= 15 is 0 Å². The molecule has 0 spiro atoms. The number of nitrogens with zero attached hydrogens (tertiary/aromatic N) is 6. The van der Waals surface area contributed by atoms with E-state index in [-0.39, 0.29) is 126 Å². The summed E-state index contributed by atoms with van der Waals surface area (Å²) in [6, 6.07) is 4.16. The third-order valence-electron chi connectivity index (χ3n) is 21.6. The van der Waals surface area contributed by atoms with Crippen LogP contribution < -0.4 is 97.0 Å². The van der Waals surface area contributed by atoms with Crippen LogP contribution in [-0.4, -0.2) is 246 Å². The zero-order chi connectivity index (χ0) is 102. The predicted octanol–water partition coefficient (Wildman–Crippen LogP) is -3.19. The van der Waals surface area contributed by atoms with Crippen LogP contribution in [0.2, 0.25) is 0 Å². The predicted molar refractivity (Wildman–Crippen MR) is 497 cm³/mol.